The molecule has 1 N–H and O–H groups in total. The van der Waals surface area contributed by atoms with Crippen LogP contribution >= 0.6 is 0 Å². The summed E-state index contributed by atoms with van der Waals surface area (Å²) in [6, 6.07) is 26.0. The van der Waals surface area contributed by atoms with Gasteiger partial charge in [0.1, 0.15) is 18.2 Å². The number of aromatic nitrogens is 3. The molecule has 0 spiro atoms. The molecule has 216 valence electrons. The van der Waals surface area contributed by atoms with Gasteiger partial charge in [-0.15, -0.1) is 0 Å². The maximum Gasteiger partial charge on any atom is 0.423 e. The average Bonchev–Trinajstić information content (AvgIpc) is 3.57. The summed E-state index contributed by atoms with van der Waals surface area (Å²) in [6.45, 7) is -0.547. The number of benzene rings is 4. The van der Waals surface area contributed by atoms with E-state index in [1.165, 1.54) is 64.1 Å². The van der Waals surface area contributed by atoms with Crippen LogP contribution in [0.1, 0.15) is 16.7 Å². The maximum atomic E-state index is 14.7. The Morgan fingerprint density at radius 2 is 1.65 bits per heavy atom. The van der Waals surface area contributed by atoms with Crippen LogP contribution in [0.4, 0.5) is 17.6 Å². The van der Waals surface area contributed by atoms with Crippen molar-refractivity contribution in [1.82, 2.24) is 14.3 Å². The molecular weight excluding hydrogens is 560 g/mol. The van der Waals surface area contributed by atoms with Crippen molar-refractivity contribution in [2.75, 3.05) is 0 Å². The van der Waals surface area contributed by atoms with Gasteiger partial charge in [-0.2, -0.15) is 23.5 Å². The van der Waals surface area contributed by atoms with Crippen LogP contribution in [0, 0.1) is 17.1 Å². The average molecular weight is 585 g/mol. The number of halogens is 4. The van der Waals surface area contributed by atoms with E-state index in [1.807, 2.05) is 30.3 Å². The Kier molecular flexibility index (Phi) is 7.12. The highest BCUT2D eigenvalue weighted by Gasteiger charge is 2.55. The van der Waals surface area contributed by atoms with Gasteiger partial charge in [0.2, 0.25) is 5.60 Å². The maximum absolute atomic E-state index is 14.7. The quantitative estimate of drug-likeness (QED) is 0.192. The summed E-state index contributed by atoms with van der Waals surface area (Å²) < 4.78 is 66.1. The fourth-order valence-electron chi connectivity index (χ4n) is 5.21. The topological polar surface area (TPSA) is 76.0 Å². The third kappa shape index (κ3) is 5.31. The van der Waals surface area contributed by atoms with E-state index in [-0.39, 0.29) is 12.0 Å². The zero-order valence-electron chi connectivity index (χ0n) is 22.6. The number of hydrogen-bond donors (Lipinski definition) is 1. The molecule has 0 bridgehead atoms. The van der Waals surface area contributed by atoms with Crippen LogP contribution in [0.5, 0.6) is 5.75 Å². The van der Waals surface area contributed by atoms with Gasteiger partial charge in [-0.25, -0.2) is 9.07 Å². The van der Waals surface area contributed by atoms with Crippen LogP contribution in [0.3, 0.4) is 0 Å². The van der Waals surface area contributed by atoms with Gasteiger partial charge in [0, 0.05) is 22.5 Å². The Balaban J connectivity index is 1.36. The summed E-state index contributed by atoms with van der Waals surface area (Å²) in [7, 11) is 0. The lowest BCUT2D eigenvalue weighted by molar-refractivity contribution is -0.271. The Hall–Kier alpha value is -5.14. The number of alkyl halides is 3. The van der Waals surface area contributed by atoms with Crippen molar-refractivity contribution < 1.29 is 27.4 Å². The minimum absolute atomic E-state index is 0.0371. The molecule has 43 heavy (non-hydrogen) atoms. The second-order valence-electron chi connectivity index (χ2n) is 10.2. The van der Waals surface area contributed by atoms with Crippen LogP contribution in [0.15, 0.2) is 103 Å². The zero-order chi connectivity index (χ0) is 30.2. The molecule has 6 rings (SSSR count). The van der Waals surface area contributed by atoms with Crippen LogP contribution in [0.2, 0.25) is 0 Å². The second kappa shape index (κ2) is 10.9. The van der Waals surface area contributed by atoms with Gasteiger partial charge in [-0.3, -0.25) is 0 Å². The Morgan fingerprint density at radius 3 is 2.37 bits per heavy atom. The lowest BCUT2D eigenvalue weighted by Crippen LogP contribution is -2.45. The first-order valence-corrected chi connectivity index (χ1v) is 13.3. The fraction of sp³-hybridized carbons (Fsp3) is 0.152. The Morgan fingerprint density at radius 1 is 0.907 bits per heavy atom. The van der Waals surface area contributed by atoms with E-state index in [1.54, 1.807) is 18.2 Å². The van der Waals surface area contributed by atoms with Crippen molar-refractivity contribution in [2.45, 2.75) is 31.3 Å². The standard InChI is InChI=1S/C33H24F4N4O2/c34-26-7-9-27(10-8-26)41-30-12-6-25(16-24(30)18-39-41)32(42,33(35,36)37)21-40-19-23(14-15-38)29-17-28(11-13-31(29)40)43-20-22-4-2-1-3-5-22/h1-13,16-19,42H,14,20-21H2. The van der Waals surface area contributed by atoms with E-state index < -0.39 is 24.1 Å². The minimum Gasteiger partial charge on any atom is -0.489 e. The normalized spacial score (nSPS) is 13.2. The lowest BCUT2D eigenvalue weighted by atomic mass is 9.91. The smallest absolute Gasteiger partial charge is 0.423 e. The fourth-order valence-corrected chi connectivity index (χ4v) is 5.21. The largest absolute Gasteiger partial charge is 0.489 e. The van der Waals surface area contributed by atoms with E-state index >= 15 is 0 Å². The third-order valence-corrected chi connectivity index (χ3v) is 7.44. The molecule has 10 heteroatoms. The highest BCUT2D eigenvalue weighted by atomic mass is 19.4. The number of rotatable bonds is 8. The van der Waals surface area contributed by atoms with Crippen molar-refractivity contribution >= 4 is 21.8 Å². The molecule has 0 aliphatic carbocycles. The molecule has 2 aromatic heterocycles. The molecule has 1 unspecified atom stereocenters. The number of nitrogens with zero attached hydrogens (tertiary/aromatic N) is 4. The van der Waals surface area contributed by atoms with Crippen molar-refractivity contribution in [1.29, 1.82) is 5.26 Å². The van der Waals surface area contributed by atoms with E-state index in [4.69, 9.17) is 4.74 Å². The SMILES string of the molecule is N#CCc1cn(CC(O)(c2ccc3c(cnn3-c3ccc(F)cc3)c2)C(F)(F)F)c2ccc(OCc3ccccc3)cc12. The monoisotopic (exact) mass is 584 g/mol. The number of nitriles is 1. The minimum atomic E-state index is -5.04. The van der Waals surface area contributed by atoms with Crippen molar-refractivity contribution in [3.63, 3.8) is 0 Å². The van der Waals surface area contributed by atoms with Crippen molar-refractivity contribution in [3.8, 4) is 17.5 Å². The van der Waals surface area contributed by atoms with E-state index in [9.17, 15) is 27.9 Å². The summed E-state index contributed by atoms with van der Waals surface area (Å²) in [5, 5.41) is 25.9. The van der Waals surface area contributed by atoms with E-state index in [0.29, 0.717) is 45.4 Å². The molecule has 2 heterocycles. The van der Waals surface area contributed by atoms with Crippen molar-refractivity contribution in [2.24, 2.45) is 0 Å². The number of fused-ring (bicyclic) bond motifs is 2. The van der Waals surface area contributed by atoms with Crippen LogP contribution in [-0.2, 0) is 25.2 Å². The first-order valence-electron chi connectivity index (χ1n) is 13.3. The Labute approximate surface area is 243 Å². The molecular formula is C33H24F4N4O2. The predicted octanol–water partition coefficient (Wildman–Crippen LogP) is 7.21. The molecule has 6 nitrogen and oxygen atoms in total. The molecule has 0 amide bonds. The highest BCUT2D eigenvalue weighted by Crippen LogP contribution is 2.42. The summed E-state index contributed by atoms with van der Waals surface area (Å²) in [5.74, 6) is 0.0760. The second-order valence-corrected chi connectivity index (χ2v) is 10.2. The molecule has 0 radical (unpaired) electrons. The molecule has 0 aliphatic rings. The van der Waals surface area contributed by atoms with Gasteiger partial charge < -0.3 is 14.4 Å². The van der Waals surface area contributed by atoms with Gasteiger partial charge in [-0.05, 0) is 71.3 Å². The first kappa shape index (κ1) is 28.0. The predicted molar refractivity (Wildman–Crippen MR) is 153 cm³/mol. The van der Waals surface area contributed by atoms with Crippen LogP contribution < -0.4 is 4.74 Å². The molecule has 0 saturated heterocycles. The summed E-state index contributed by atoms with van der Waals surface area (Å²) >= 11 is 0. The molecule has 4 aromatic carbocycles. The number of aliphatic hydroxyl groups is 1. The van der Waals surface area contributed by atoms with Gasteiger partial charge >= 0.3 is 6.18 Å². The van der Waals surface area contributed by atoms with Gasteiger partial charge in [0.15, 0.2) is 0 Å². The Bertz CT molecular complexity index is 1960. The lowest BCUT2D eigenvalue weighted by Gasteiger charge is -2.32. The van der Waals surface area contributed by atoms with Gasteiger partial charge in [0.05, 0.1) is 36.4 Å². The molecule has 0 saturated carbocycles. The third-order valence-electron chi connectivity index (χ3n) is 7.44. The summed E-state index contributed by atoms with van der Waals surface area (Å²) in [4.78, 5) is 0. The number of hydrogen-bond acceptors (Lipinski definition) is 4. The number of ether oxygens (including phenoxy) is 1. The van der Waals surface area contributed by atoms with E-state index in [2.05, 4.69) is 11.2 Å². The first-order chi connectivity index (χ1) is 20.7. The highest BCUT2D eigenvalue weighted by molar-refractivity contribution is 5.86. The zero-order valence-corrected chi connectivity index (χ0v) is 22.6. The van der Waals surface area contributed by atoms with Gasteiger partial charge in [0.25, 0.3) is 0 Å². The van der Waals surface area contributed by atoms with Crippen LogP contribution in [0.25, 0.3) is 27.5 Å². The molecule has 6 aromatic rings. The summed E-state index contributed by atoms with van der Waals surface area (Å²) in [5.41, 5.74) is -0.715. The van der Waals surface area contributed by atoms with E-state index in [0.717, 1.165) is 5.56 Å². The molecule has 0 fully saturated rings. The molecule has 0 aliphatic heterocycles. The van der Waals surface area contributed by atoms with Crippen LogP contribution in [-0.4, -0.2) is 25.6 Å². The molecule has 1 atom stereocenters. The summed E-state index contributed by atoms with van der Waals surface area (Å²) in [6.07, 6.45) is -2.22. The van der Waals surface area contributed by atoms with Gasteiger partial charge in [-0.1, -0.05) is 36.4 Å². The van der Waals surface area contributed by atoms with Crippen molar-refractivity contribution in [3.05, 3.63) is 126 Å².